The van der Waals surface area contributed by atoms with E-state index in [0.29, 0.717) is 75.6 Å². The highest BCUT2D eigenvalue weighted by Gasteiger charge is 2.13. The summed E-state index contributed by atoms with van der Waals surface area (Å²) in [7, 11) is 0. The average Bonchev–Trinajstić information content (AvgIpc) is 3.33. The smallest absolute Gasteiger partial charge is 0.251 e. The van der Waals surface area contributed by atoms with Crippen LogP contribution in [0, 0.1) is 0 Å². The Morgan fingerprint density at radius 2 is 0.439 bits per heavy atom. The molecule has 66 heavy (non-hydrogen) atoms. The van der Waals surface area contributed by atoms with Crippen molar-refractivity contribution in [3.63, 3.8) is 0 Å². The summed E-state index contributed by atoms with van der Waals surface area (Å²) >= 11 is 0. The highest BCUT2D eigenvalue weighted by molar-refractivity contribution is 5.95. The molecule has 0 bridgehead atoms. The Morgan fingerprint density at radius 3 is 0.621 bits per heavy atom. The number of hydrogen-bond donors (Lipinski definition) is 9. The van der Waals surface area contributed by atoms with E-state index in [4.69, 9.17) is 34.4 Å². The standard InChI is InChI=1S/C54H81N9O3/c55-19-1-10-43-31-44(11-2-20-56)35-49(34-43)52(64)61-25-7-16-40-28-41(17-8-26-62-53(65)50-36-45(12-3-21-57)32-46(37-50)13-4-22-58)30-42(29-40)18-9-27-63-54(66)51-38-47(14-5-23-59)33-48(39-51)15-6-24-60/h28-39H,1-27,55-60H2,(H,61,64)(H,62,65)(H,63,66). The predicted octanol–water partition coefficient (Wildman–Crippen LogP) is 5.12. The maximum Gasteiger partial charge on any atom is 0.251 e. The summed E-state index contributed by atoms with van der Waals surface area (Å²) in [6.45, 7) is 5.27. The van der Waals surface area contributed by atoms with Crippen LogP contribution in [0.1, 0.15) is 139 Å². The zero-order valence-electron chi connectivity index (χ0n) is 39.7. The summed E-state index contributed by atoms with van der Waals surface area (Å²) in [6.07, 6.45) is 15.0. The van der Waals surface area contributed by atoms with Crippen LogP contribution in [0.15, 0.2) is 72.8 Å². The monoisotopic (exact) mass is 904 g/mol. The zero-order valence-corrected chi connectivity index (χ0v) is 39.7. The molecule has 4 rings (SSSR count). The molecule has 15 N–H and O–H groups in total. The van der Waals surface area contributed by atoms with Crippen LogP contribution in [-0.4, -0.2) is 76.6 Å². The number of carbonyl (C=O) groups is 3. The molecule has 0 aliphatic heterocycles. The normalized spacial score (nSPS) is 11.2. The fourth-order valence-corrected chi connectivity index (χ4v) is 8.45. The van der Waals surface area contributed by atoms with Gasteiger partial charge in [0, 0.05) is 36.3 Å². The number of carbonyl (C=O) groups excluding carboxylic acids is 3. The molecule has 0 aromatic heterocycles. The molecular formula is C54H81N9O3. The summed E-state index contributed by atoms with van der Waals surface area (Å²) in [5.41, 5.74) is 47.1. The van der Waals surface area contributed by atoms with Crippen LogP contribution >= 0.6 is 0 Å². The van der Waals surface area contributed by atoms with E-state index in [0.717, 1.165) is 149 Å². The van der Waals surface area contributed by atoms with Gasteiger partial charge in [-0.2, -0.15) is 0 Å². The molecule has 0 unspecified atom stereocenters. The van der Waals surface area contributed by atoms with E-state index in [1.807, 2.05) is 36.4 Å². The van der Waals surface area contributed by atoms with Crippen molar-refractivity contribution in [2.45, 2.75) is 116 Å². The molecule has 360 valence electrons. The van der Waals surface area contributed by atoms with Crippen LogP contribution in [-0.2, 0) is 57.8 Å². The first kappa shape index (κ1) is 53.7. The van der Waals surface area contributed by atoms with Gasteiger partial charge < -0.3 is 50.4 Å². The third-order valence-electron chi connectivity index (χ3n) is 11.9. The SMILES string of the molecule is NCCCc1cc(CCCN)cc(C(=O)NCCCc2cc(CCCNC(=O)c3cc(CCCN)cc(CCCN)c3)cc(CCCNC(=O)c3cc(CCCN)cc(CCCN)c3)c2)c1. The van der Waals surface area contributed by atoms with E-state index in [2.05, 4.69) is 52.3 Å². The lowest BCUT2D eigenvalue weighted by Crippen LogP contribution is -2.25. The Kier molecular flexibility index (Phi) is 25.3. The molecular weight excluding hydrogens is 823 g/mol. The molecule has 12 nitrogen and oxygen atoms in total. The van der Waals surface area contributed by atoms with Crippen LogP contribution in [0.4, 0.5) is 0 Å². The highest BCUT2D eigenvalue weighted by Crippen LogP contribution is 2.19. The van der Waals surface area contributed by atoms with Gasteiger partial charge in [0.25, 0.3) is 17.7 Å². The maximum absolute atomic E-state index is 13.4. The number of benzene rings is 4. The Morgan fingerprint density at radius 1 is 0.273 bits per heavy atom. The van der Waals surface area contributed by atoms with Gasteiger partial charge >= 0.3 is 0 Å². The van der Waals surface area contributed by atoms with E-state index in [1.165, 1.54) is 16.7 Å². The summed E-state index contributed by atoms with van der Waals surface area (Å²) in [4.78, 5) is 40.1. The fourth-order valence-electron chi connectivity index (χ4n) is 8.45. The molecule has 12 heteroatoms. The van der Waals surface area contributed by atoms with Gasteiger partial charge in [-0.15, -0.1) is 0 Å². The van der Waals surface area contributed by atoms with Crippen LogP contribution in [0.25, 0.3) is 0 Å². The quantitative estimate of drug-likeness (QED) is 0.0288. The second-order valence-corrected chi connectivity index (χ2v) is 17.7. The van der Waals surface area contributed by atoms with Crippen molar-refractivity contribution in [2.24, 2.45) is 34.4 Å². The van der Waals surface area contributed by atoms with Gasteiger partial charge in [0.1, 0.15) is 0 Å². The van der Waals surface area contributed by atoms with Crippen molar-refractivity contribution < 1.29 is 14.4 Å². The van der Waals surface area contributed by atoms with Gasteiger partial charge in [-0.3, -0.25) is 14.4 Å². The second-order valence-electron chi connectivity index (χ2n) is 17.7. The second kappa shape index (κ2) is 31.1. The number of aryl methyl sites for hydroxylation is 9. The lowest BCUT2D eigenvalue weighted by molar-refractivity contribution is 0.0945. The van der Waals surface area contributed by atoms with Gasteiger partial charge in [0.2, 0.25) is 0 Å². The topological polar surface area (TPSA) is 243 Å². The first-order valence-corrected chi connectivity index (χ1v) is 24.7. The Balaban J connectivity index is 1.41. The summed E-state index contributed by atoms with van der Waals surface area (Å²) in [6, 6.07) is 25.2. The number of nitrogens with two attached hydrogens (primary N) is 6. The predicted molar refractivity (Wildman–Crippen MR) is 272 cm³/mol. The molecule has 4 aromatic rings. The minimum atomic E-state index is -0.0692. The Hall–Kier alpha value is -4.95. The maximum atomic E-state index is 13.4. The Labute approximate surface area is 395 Å². The van der Waals surface area contributed by atoms with E-state index in [1.54, 1.807) is 0 Å². The summed E-state index contributed by atoms with van der Waals surface area (Å²) < 4.78 is 0. The van der Waals surface area contributed by atoms with Gasteiger partial charge in [-0.1, -0.05) is 36.4 Å². The Bertz CT molecular complexity index is 1770. The number of rotatable bonds is 33. The minimum Gasteiger partial charge on any atom is -0.352 e. The van der Waals surface area contributed by atoms with Crippen LogP contribution < -0.4 is 50.4 Å². The molecule has 4 aromatic carbocycles. The first-order valence-electron chi connectivity index (χ1n) is 24.7. The van der Waals surface area contributed by atoms with Crippen LogP contribution in [0.3, 0.4) is 0 Å². The molecule has 0 aliphatic rings. The van der Waals surface area contributed by atoms with E-state index < -0.39 is 0 Å². The van der Waals surface area contributed by atoms with Crippen LogP contribution in [0.5, 0.6) is 0 Å². The van der Waals surface area contributed by atoms with E-state index in [-0.39, 0.29) is 17.7 Å². The molecule has 0 heterocycles. The molecule has 0 saturated heterocycles. The average molecular weight is 904 g/mol. The largest absolute Gasteiger partial charge is 0.352 e. The number of hydrogen-bond acceptors (Lipinski definition) is 9. The van der Waals surface area contributed by atoms with E-state index in [9.17, 15) is 14.4 Å². The molecule has 0 spiro atoms. The van der Waals surface area contributed by atoms with Crippen molar-refractivity contribution in [3.05, 3.63) is 140 Å². The molecule has 3 amide bonds. The summed E-state index contributed by atoms with van der Waals surface area (Å²) in [5.74, 6) is -0.208. The molecule has 0 atom stereocenters. The number of nitrogens with one attached hydrogen (secondary N) is 3. The van der Waals surface area contributed by atoms with Crippen molar-refractivity contribution in [1.29, 1.82) is 0 Å². The zero-order chi connectivity index (χ0) is 47.4. The molecule has 0 fully saturated rings. The van der Waals surface area contributed by atoms with Crippen molar-refractivity contribution in [3.8, 4) is 0 Å². The third kappa shape index (κ3) is 19.9. The molecule has 0 saturated carbocycles. The van der Waals surface area contributed by atoms with Gasteiger partial charge in [-0.05, 0) is 241 Å². The molecule has 0 aliphatic carbocycles. The van der Waals surface area contributed by atoms with Gasteiger partial charge in [0.15, 0.2) is 0 Å². The third-order valence-corrected chi connectivity index (χ3v) is 11.9. The minimum absolute atomic E-state index is 0.0692. The van der Waals surface area contributed by atoms with Crippen molar-refractivity contribution in [2.75, 3.05) is 58.9 Å². The molecule has 0 radical (unpaired) electrons. The van der Waals surface area contributed by atoms with Gasteiger partial charge in [-0.25, -0.2) is 0 Å². The lowest BCUT2D eigenvalue weighted by atomic mass is 9.97. The van der Waals surface area contributed by atoms with Crippen molar-refractivity contribution >= 4 is 17.7 Å². The number of amides is 3. The highest BCUT2D eigenvalue weighted by atomic mass is 16.2. The van der Waals surface area contributed by atoms with Crippen LogP contribution in [0.2, 0.25) is 0 Å². The summed E-state index contributed by atoms with van der Waals surface area (Å²) in [5, 5.41) is 9.48. The first-order chi connectivity index (χ1) is 32.2. The van der Waals surface area contributed by atoms with Crippen molar-refractivity contribution in [1.82, 2.24) is 16.0 Å². The van der Waals surface area contributed by atoms with Gasteiger partial charge in [0.05, 0.1) is 0 Å². The van der Waals surface area contributed by atoms with E-state index >= 15 is 0 Å². The fraction of sp³-hybridized carbons (Fsp3) is 0.500. The lowest BCUT2D eigenvalue weighted by Gasteiger charge is -2.13.